The van der Waals surface area contributed by atoms with E-state index in [0.29, 0.717) is 0 Å². The third kappa shape index (κ3) is 4.57. The van der Waals surface area contributed by atoms with Crippen molar-refractivity contribution in [1.29, 1.82) is 0 Å². The fourth-order valence-corrected chi connectivity index (χ4v) is 3.26. The van der Waals surface area contributed by atoms with Gasteiger partial charge in [-0.1, -0.05) is 48.5 Å². The predicted octanol–water partition coefficient (Wildman–Crippen LogP) is 3.40. The van der Waals surface area contributed by atoms with E-state index < -0.39 is 0 Å². The Kier molecular flexibility index (Phi) is 5.67. The highest BCUT2D eigenvalue weighted by Crippen LogP contribution is 2.20. The number of hydrogen-bond donors (Lipinski definition) is 0. The molecule has 23 heavy (non-hydrogen) atoms. The van der Waals surface area contributed by atoms with Crippen LogP contribution in [0.2, 0.25) is 0 Å². The van der Waals surface area contributed by atoms with Crippen LogP contribution in [-0.4, -0.2) is 43.1 Å². The van der Waals surface area contributed by atoms with Crippen LogP contribution in [0, 0.1) is 0 Å². The van der Waals surface area contributed by atoms with Crippen molar-refractivity contribution in [2.75, 3.05) is 33.3 Å². The molecule has 1 heterocycles. The Morgan fingerprint density at radius 3 is 2.17 bits per heavy atom. The van der Waals surface area contributed by atoms with E-state index in [2.05, 4.69) is 58.3 Å². The van der Waals surface area contributed by atoms with Crippen LogP contribution in [0.15, 0.2) is 54.6 Å². The third-order valence-corrected chi connectivity index (χ3v) is 4.52. The van der Waals surface area contributed by atoms with Crippen LogP contribution in [-0.2, 0) is 13.1 Å². The smallest absolute Gasteiger partial charge is 0.123 e. The van der Waals surface area contributed by atoms with Crippen molar-refractivity contribution < 1.29 is 4.74 Å². The normalized spacial score (nSPS) is 16.9. The monoisotopic (exact) mass is 310 g/mol. The number of para-hydroxylation sites is 1. The third-order valence-electron chi connectivity index (χ3n) is 4.52. The van der Waals surface area contributed by atoms with E-state index in [1.165, 1.54) is 24.1 Å². The summed E-state index contributed by atoms with van der Waals surface area (Å²) in [4.78, 5) is 5.11. The molecule has 1 aliphatic heterocycles. The molecule has 0 spiro atoms. The van der Waals surface area contributed by atoms with Crippen molar-refractivity contribution in [3.63, 3.8) is 0 Å². The molecule has 0 saturated carbocycles. The second-order valence-corrected chi connectivity index (χ2v) is 6.20. The van der Waals surface area contributed by atoms with Gasteiger partial charge in [0.15, 0.2) is 0 Å². The van der Waals surface area contributed by atoms with Crippen molar-refractivity contribution >= 4 is 0 Å². The SMILES string of the molecule is COc1ccccc1CN1CCCN(Cc2ccccc2)CC1. The molecule has 3 nitrogen and oxygen atoms in total. The van der Waals surface area contributed by atoms with Gasteiger partial charge < -0.3 is 4.74 Å². The molecule has 0 aliphatic carbocycles. The largest absolute Gasteiger partial charge is 0.496 e. The molecule has 1 saturated heterocycles. The quantitative estimate of drug-likeness (QED) is 0.842. The summed E-state index contributed by atoms with van der Waals surface area (Å²) in [5.41, 5.74) is 2.69. The van der Waals surface area contributed by atoms with Crippen molar-refractivity contribution in [2.45, 2.75) is 19.5 Å². The standard InChI is InChI=1S/C20H26N2O/c1-23-20-11-6-5-10-19(20)17-22-13-7-12-21(14-15-22)16-18-8-3-2-4-9-18/h2-6,8-11H,7,12-17H2,1H3. The molecule has 2 aromatic carbocycles. The summed E-state index contributed by atoms with van der Waals surface area (Å²) in [6, 6.07) is 19.1. The zero-order valence-corrected chi connectivity index (χ0v) is 13.9. The predicted molar refractivity (Wildman–Crippen MR) is 94.6 cm³/mol. The van der Waals surface area contributed by atoms with E-state index in [1.807, 2.05) is 6.07 Å². The van der Waals surface area contributed by atoms with Crippen LogP contribution < -0.4 is 4.74 Å². The molecule has 0 bridgehead atoms. The summed E-state index contributed by atoms with van der Waals surface area (Å²) in [5.74, 6) is 0.998. The second kappa shape index (κ2) is 8.14. The van der Waals surface area contributed by atoms with Gasteiger partial charge in [-0.2, -0.15) is 0 Å². The van der Waals surface area contributed by atoms with Crippen LogP contribution in [0.5, 0.6) is 5.75 Å². The number of hydrogen-bond acceptors (Lipinski definition) is 3. The Bertz CT molecular complexity index is 600. The van der Waals surface area contributed by atoms with E-state index in [-0.39, 0.29) is 0 Å². The fourth-order valence-electron chi connectivity index (χ4n) is 3.26. The first-order chi connectivity index (χ1) is 11.3. The topological polar surface area (TPSA) is 15.7 Å². The molecular weight excluding hydrogens is 284 g/mol. The van der Waals surface area contributed by atoms with Crippen LogP contribution in [0.25, 0.3) is 0 Å². The Hall–Kier alpha value is -1.84. The number of methoxy groups -OCH3 is 1. The zero-order valence-electron chi connectivity index (χ0n) is 13.9. The van der Waals surface area contributed by atoms with Crippen LogP contribution >= 0.6 is 0 Å². The minimum Gasteiger partial charge on any atom is -0.496 e. The molecule has 0 radical (unpaired) electrons. The van der Waals surface area contributed by atoms with Crippen molar-refractivity contribution in [3.05, 3.63) is 65.7 Å². The molecule has 3 heteroatoms. The highest BCUT2D eigenvalue weighted by atomic mass is 16.5. The average molecular weight is 310 g/mol. The molecule has 1 aliphatic rings. The molecule has 0 unspecified atom stereocenters. The fraction of sp³-hybridized carbons (Fsp3) is 0.400. The summed E-state index contributed by atoms with van der Waals surface area (Å²) >= 11 is 0. The number of rotatable bonds is 5. The lowest BCUT2D eigenvalue weighted by atomic mass is 10.2. The van der Waals surface area contributed by atoms with Gasteiger partial charge in [0.2, 0.25) is 0 Å². The maximum absolute atomic E-state index is 5.48. The van der Waals surface area contributed by atoms with Crippen molar-refractivity contribution in [3.8, 4) is 5.75 Å². The number of benzene rings is 2. The summed E-state index contributed by atoms with van der Waals surface area (Å²) in [5, 5.41) is 0. The first-order valence-electron chi connectivity index (χ1n) is 8.45. The minimum atomic E-state index is 0.975. The molecule has 1 fully saturated rings. The summed E-state index contributed by atoms with van der Waals surface area (Å²) in [7, 11) is 1.75. The van der Waals surface area contributed by atoms with Gasteiger partial charge in [-0.25, -0.2) is 0 Å². The maximum atomic E-state index is 5.48. The molecule has 122 valence electrons. The number of ether oxygens (including phenoxy) is 1. The van der Waals surface area contributed by atoms with E-state index >= 15 is 0 Å². The molecule has 0 N–H and O–H groups in total. The maximum Gasteiger partial charge on any atom is 0.123 e. The Morgan fingerprint density at radius 2 is 1.43 bits per heavy atom. The van der Waals surface area contributed by atoms with Gasteiger partial charge in [-0.05, 0) is 31.1 Å². The second-order valence-electron chi connectivity index (χ2n) is 6.20. The summed E-state index contributed by atoms with van der Waals surface area (Å²) in [6.07, 6.45) is 1.22. The Labute approximate surface area is 139 Å². The first kappa shape index (κ1) is 16.0. The molecule has 0 atom stereocenters. The molecule has 2 aromatic rings. The van der Waals surface area contributed by atoms with Gasteiger partial charge in [0, 0.05) is 31.7 Å². The van der Waals surface area contributed by atoms with Crippen LogP contribution in [0.3, 0.4) is 0 Å². The van der Waals surface area contributed by atoms with Gasteiger partial charge in [-0.15, -0.1) is 0 Å². The van der Waals surface area contributed by atoms with Crippen molar-refractivity contribution in [2.24, 2.45) is 0 Å². The van der Waals surface area contributed by atoms with E-state index in [0.717, 1.165) is 38.5 Å². The van der Waals surface area contributed by atoms with E-state index in [4.69, 9.17) is 4.74 Å². The average Bonchev–Trinajstić information content (AvgIpc) is 2.82. The van der Waals surface area contributed by atoms with Gasteiger partial charge in [0.25, 0.3) is 0 Å². The van der Waals surface area contributed by atoms with Gasteiger partial charge in [0.05, 0.1) is 7.11 Å². The van der Waals surface area contributed by atoms with Crippen LogP contribution in [0.1, 0.15) is 17.5 Å². The lowest BCUT2D eigenvalue weighted by Crippen LogP contribution is -2.30. The lowest BCUT2D eigenvalue weighted by Gasteiger charge is -2.22. The first-order valence-corrected chi connectivity index (χ1v) is 8.45. The van der Waals surface area contributed by atoms with Gasteiger partial charge in [-0.3, -0.25) is 9.80 Å². The molecule has 0 aromatic heterocycles. The highest BCUT2D eigenvalue weighted by Gasteiger charge is 2.16. The van der Waals surface area contributed by atoms with E-state index in [1.54, 1.807) is 7.11 Å². The number of nitrogens with zero attached hydrogens (tertiary/aromatic N) is 2. The Morgan fingerprint density at radius 1 is 0.783 bits per heavy atom. The highest BCUT2D eigenvalue weighted by molar-refractivity contribution is 5.33. The molecular formula is C20H26N2O. The van der Waals surface area contributed by atoms with Crippen LogP contribution in [0.4, 0.5) is 0 Å². The van der Waals surface area contributed by atoms with E-state index in [9.17, 15) is 0 Å². The lowest BCUT2D eigenvalue weighted by molar-refractivity contribution is 0.245. The van der Waals surface area contributed by atoms with Gasteiger partial charge >= 0.3 is 0 Å². The molecule has 0 amide bonds. The molecule has 3 rings (SSSR count). The summed E-state index contributed by atoms with van der Waals surface area (Å²) in [6.45, 7) is 6.61. The van der Waals surface area contributed by atoms with Crippen molar-refractivity contribution in [1.82, 2.24) is 9.80 Å². The summed E-state index contributed by atoms with van der Waals surface area (Å²) < 4.78 is 5.48. The van der Waals surface area contributed by atoms with Gasteiger partial charge in [0.1, 0.15) is 5.75 Å². The zero-order chi connectivity index (χ0) is 15.9. The minimum absolute atomic E-state index is 0.975. The Balaban J connectivity index is 1.56.